The lowest BCUT2D eigenvalue weighted by Crippen LogP contribution is -2.31. The van der Waals surface area contributed by atoms with Crippen LogP contribution in [0.5, 0.6) is 0 Å². The van der Waals surface area contributed by atoms with Gasteiger partial charge in [0.1, 0.15) is 6.54 Å². The highest BCUT2D eigenvalue weighted by Gasteiger charge is 2.07. The molecule has 0 unspecified atom stereocenters. The molecule has 0 atom stereocenters. The van der Waals surface area contributed by atoms with Gasteiger partial charge in [-0.1, -0.05) is 0 Å². The Bertz CT molecular complexity index is 501. The van der Waals surface area contributed by atoms with Gasteiger partial charge in [-0.05, 0) is 24.3 Å². The maximum Gasteiger partial charge on any atom is 0.322 e. The van der Waals surface area contributed by atoms with E-state index in [0.717, 1.165) is 0 Å². The van der Waals surface area contributed by atoms with Crippen molar-refractivity contribution in [2.75, 3.05) is 32.1 Å². The molecule has 0 aliphatic rings. The number of ether oxygens (including phenoxy) is 1. The van der Waals surface area contributed by atoms with Gasteiger partial charge >= 0.3 is 12.0 Å². The van der Waals surface area contributed by atoms with Crippen molar-refractivity contribution in [1.82, 2.24) is 10.6 Å². The van der Waals surface area contributed by atoms with Crippen molar-refractivity contribution in [3.63, 3.8) is 0 Å². The fourth-order valence-electron chi connectivity index (χ4n) is 1.40. The summed E-state index contributed by atoms with van der Waals surface area (Å²) in [6, 6.07) is 5.69. The number of carbonyl (C=O) groups is 3. The Labute approximate surface area is 121 Å². The van der Waals surface area contributed by atoms with Gasteiger partial charge in [-0.15, -0.1) is 0 Å². The van der Waals surface area contributed by atoms with Crippen molar-refractivity contribution >= 4 is 23.6 Å². The maximum absolute atomic E-state index is 11.6. The van der Waals surface area contributed by atoms with E-state index in [1.165, 1.54) is 19.2 Å². The van der Waals surface area contributed by atoms with E-state index in [0.29, 0.717) is 24.4 Å². The Hall–Kier alpha value is -2.61. The predicted molar refractivity (Wildman–Crippen MR) is 75.3 cm³/mol. The minimum absolute atomic E-state index is 0.307. The smallest absolute Gasteiger partial charge is 0.322 e. The molecule has 8 nitrogen and oxygen atoms in total. The minimum atomic E-state index is -1.12. The summed E-state index contributed by atoms with van der Waals surface area (Å²) in [4.78, 5) is 33.4. The van der Waals surface area contributed by atoms with Gasteiger partial charge in [-0.3, -0.25) is 9.59 Å². The number of carboxylic acids is 1. The fourth-order valence-corrected chi connectivity index (χ4v) is 1.40. The number of nitrogens with one attached hydrogen (secondary N) is 3. The van der Waals surface area contributed by atoms with Gasteiger partial charge in [0.15, 0.2) is 0 Å². The lowest BCUT2D eigenvalue weighted by atomic mass is 10.2. The van der Waals surface area contributed by atoms with Crippen LogP contribution in [0.15, 0.2) is 24.3 Å². The molecule has 1 aromatic rings. The molecule has 0 fully saturated rings. The van der Waals surface area contributed by atoms with Crippen LogP contribution in [0, 0.1) is 0 Å². The van der Waals surface area contributed by atoms with E-state index in [-0.39, 0.29) is 6.03 Å². The van der Waals surface area contributed by atoms with E-state index >= 15 is 0 Å². The van der Waals surface area contributed by atoms with Crippen molar-refractivity contribution in [2.24, 2.45) is 0 Å². The first-order chi connectivity index (χ1) is 10.0. The van der Waals surface area contributed by atoms with Crippen LogP contribution in [0.2, 0.25) is 0 Å². The second-order valence-electron chi connectivity index (χ2n) is 4.03. The molecule has 0 radical (unpaired) electrons. The molecule has 0 aromatic heterocycles. The summed E-state index contributed by atoms with van der Waals surface area (Å²) in [6.45, 7) is 0.356. The molecule has 8 heteroatoms. The van der Waals surface area contributed by atoms with Crippen molar-refractivity contribution in [3.8, 4) is 0 Å². The zero-order chi connectivity index (χ0) is 15.7. The summed E-state index contributed by atoms with van der Waals surface area (Å²) in [5.74, 6) is -1.61. The summed E-state index contributed by atoms with van der Waals surface area (Å²) in [7, 11) is 1.54. The molecule has 0 bridgehead atoms. The van der Waals surface area contributed by atoms with Gasteiger partial charge in [0.2, 0.25) is 0 Å². The van der Waals surface area contributed by atoms with E-state index in [1.807, 2.05) is 0 Å². The Morgan fingerprint density at radius 3 is 2.38 bits per heavy atom. The van der Waals surface area contributed by atoms with Gasteiger partial charge in [0.05, 0.1) is 6.61 Å². The molecular weight excluding hydrogens is 278 g/mol. The van der Waals surface area contributed by atoms with Gasteiger partial charge in [-0.25, -0.2) is 4.79 Å². The Morgan fingerprint density at radius 2 is 1.81 bits per heavy atom. The average Bonchev–Trinajstić information content (AvgIpc) is 2.45. The third kappa shape index (κ3) is 6.39. The number of carboxylic acid groups (broad SMARTS) is 1. The normalized spacial score (nSPS) is 9.76. The molecule has 1 rings (SSSR count). The highest BCUT2D eigenvalue weighted by atomic mass is 16.5. The molecule has 0 heterocycles. The first-order valence-corrected chi connectivity index (χ1v) is 6.16. The molecule has 0 aliphatic heterocycles. The van der Waals surface area contributed by atoms with Crippen LogP contribution < -0.4 is 16.0 Å². The van der Waals surface area contributed by atoms with Crippen LogP contribution in [0.4, 0.5) is 10.5 Å². The molecule has 21 heavy (non-hydrogen) atoms. The summed E-state index contributed by atoms with van der Waals surface area (Å²) >= 11 is 0. The fraction of sp³-hybridized carbons (Fsp3) is 0.308. The summed E-state index contributed by atoms with van der Waals surface area (Å²) in [6.07, 6.45) is 0. The number of benzene rings is 1. The summed E-state index contributed by atoms with van der Waals surface area (Å²) < 4.78 is 4.80. The Kier molecular flexibility index (Phi) is 6.69. The average molecular weight is 295 g/mol. The number of hydrogen-bond acceptors (Lipinski definition) is 4. The summed E-state index contributed by atoms with van der Waals surface area (Å²) in [5, 5.41) is 15.9. The lowest BCUT2D eigenvalue weighted by molar-refractivity contribution is -0.135. The molecule has 0 saturated heterocycles. The van der Waals surface area contributed by atoms with Crippen molar-refractivity contribution < 1.29 is 24.2 Å². The number of rotatable bonds is 7. The number of anilines is 1. The third-order valence-electron chi connectivity index (χ3n) is 2.40. The molecule has 114 valence electrons. The maximum atomic E-state index is 11.6. The highest BCUT2D eigenvalue weighted by Crippen LogP contribution is 2.09. The zero-order valence-corrected chi connectivity index (χ0v) is 11.5. The van der Waals surface area contributed by atoms with Crippen molar-refractivity contribution in [3.05, 3.63) is 29.8 Å². The SMILES string of the molecule is COCCNC(=O)Nc1ccc(C(=O)NCC(=O)O)cc1. The first-order valence-electron chi connectivity index (χ1n) is 6.16. The van der Waals surface area contributed by atoms with Crippen LogP contribution in [-0.4, -0.2) is 49.8 Å². The lowest BCUT2D eigenvalue weighted by Gasteiger charge is -2.08. The standard InChI is InChI=1S/C13H17N3O5/c1-21-7-6-14-13(20)16-10-4-2-9(3-5-10)12(19)15-8-11(17)18/h2-5H,6-8H2,1H3,(H,15,19)(H,17,18)(H2,14,16,20). The van der Waals surface area contributed by atoms with Crippen LogP contribution in [0.25, 0.3) is 0 Å². The largest absolute Gasteiger partial charge is 0.480 e. The quantitative estimate of drug-likeness (QED) is 0.539. The van der Waals surface area contributed by atoms with Crippen molar-refractivity contribution in [2.45, 2.75) is 0 Å². The minimum Gasteiger partial charge on any atom is -0.480 e. The topological polar surface area (TPSA) is 117 Å². The van der Waals surface area contributed by atoms with E-state index < -0.39 is 18.4 Å². The van der Waals surface area contributed by atoms with Crippen LogP contribution in [-0.2, 0) is 9.53 Å². The number of carbonyl (C=O) groups excluding carboxylic acids is 2. The molecular formula is C13H17N3O5. The van der Waals surface area contributed by atoms with Gasteiger partial charge in [-0.2, -0.15) is 0 Å². The van der Waals surface area contributed by atoms with E-state index in [2.05, 4.69) is 16.0 Å². The van der Waals surface area contributed by atoms with Crippen LogP contribution >= 0.6 is 0 Å². The highest BCUT2D eigenvalue weighted by molar-refractivity contribution is 5.96. The molecule has 0 saturated carbocycles. The number of amides is 3. The Balaban J connectivity index is 2.48. The number of aliphatic carboxylic acids is 1. The molecule has 0 spiro atoms. The first kappa shape index (κ1) is 16.4. The zero-order valence-electron chi connectivity index (χ0n) is 11.5. The molecule has 3 amide bonds. The van der Waals surface area contributed by atoms with Crippen LogP contribution in [0.1, 0.15) is 10.4 Å². The van der Waals surface area contributed by atoms with Crippen molar-refractivity contribution in [1.29, 1.82) is 0 Å². The van der Waals surface area contributed by atoms with Gasteiger partial charge in [0, 0.05) is 24.9 Å². The van der Waals surface area contributed by atoms with Gasteiger partial charge in [0.25, 0.3) is 5.91 Å². The predicted octanol–water partition coefficient (Wildman–Crippen LogP) is 0.269. The summed E-state index contributed by atoms with van der Waals surface area (Å²) in [5.41, 5.74) is 0.821. The molecule has 4 N–H and O–H groups in total. The second-order valence-corrected chi connectivity index (χ2v) is 4.03. The molecule has 1 aromatic carbocycles. The molecule has 0 aliphatic carbocycles. The number of methoxy groups -OCH3 is 1. The van der Waals surface area contributed by atoms with Gasteiger partial charge < -0.3 is 25.8 Å². The Morgan fingerprint density at radius 1 is 1.14 bits per heavy atom. The third-order valence-corrected chi connectivity index (χ3v) is 2.40. The van der Waals surface area contributed by atoms with E-state index in [4.69, 9.17) is 9.84 Å². The van der Waals surface area contributed by atoms with Crippen LogP contribution in [0.3, 0.4) is 0 Å². The monoisotopic (exact) mass is 295 g/mol. The van der Waals surface area contributed by atoms with E-state index in [1.54, 1.807) is 12.1 Å². The number of hydrogen-bond donors (Lipinski definition) is 4. The van der Waals surface area contributed by atoms with E-state index in [9.17, 15) is 14.4 Å². The number of urea groups is 1. The second kappa shape index (κ2) is 8.54.